The average molecular weight is 261 g/mol. The quantitative estimate of drug-likeness (QED) is 0.840. The van der Waals surface area contributed by atoms with E-state index in [1.807, 2.05) is 6.07 Å². The number of fused-ring (bicyclic) bond motifs is 1. The highest BCUT2D eigenvalue weighted by Gasteiger charge is 2.26. The average Bonchev–Trinajstić information content (AvgIpc) is 2.45. The molecule has 19 heavy (non-hydrogen) atoms. The van der Waals surface area contributed by atoms with E-state index in [2.05, 4.69) is 35.3 Å². The van der Waals surface area contributed by atoms with Crippen molar-refractivity contribution in [2.24, 2.45) is 5.73 Å². The largest absolute Gasteiger partial charge is 0.358 e. The standard InChI is InChI=1S/C15H23N3O/c1-2-9-17-15(19)11-18-13(10-16)8-7-12-5-3-4-6-14(12)18/h3-6,13H,2,7-11,16H2,1H3,(H,17,19). The van der Waals surface area contributed by atoms with Crippen molar-refractivity contribution >= 4 is 11.6 Å². The third-order valence-corrected chi connectivity index (χ3v) is 3.65. The van der Waals surface area contributed by atoms with Gasteiger partial charge in [-0.25, -0.2) is 0 Å². The van der Waals surface area contributed by atoms with Gasteiger partial charge < -0.3 is 16.0 Å². The molecule has 1 heterocycles. The molecule has 4 heteroatoms. The van der Waals surface area contributed by atoms with Gasteiger partial charge >= 0.3 is 0 Å². The first-order chi connectivity index (χ1) is 9.26. The Balaban J connectivity index is 2.13. The molecule has 0 bridgehead atoms. The Labute approximate surface area is 115 Å². The van der Waals surface area contributed by atoms with Gasteiger partial charge in [0.2, 0.25) is 5.91 Å². The summed E-state index contributed by atoms with van der Waals surface area (Å²) in [6.45, 7) is 3.79. The van der Waals surface area contributed by atoms with Crippen LogP contribution in [0.15, 0.2) is 24.3 Å². The van der Waals surface area contributed by atoms with Gasteiger partial charge in [-0.1, -0.05) is 25.1 Å². The van der Waals surface area contributed by atoms with Gasteiger partial charge in [0.1, 0.15) is 0 Å². The number of carbonyl (C=O) groups excluding carboxylic acids is 1. The maximum Gasteiger partial charge on any atom is 0.239 e. The SMILES string of the molecule is CCCNC(=O)CN1c2ccccc2CCC1CN. The molecule has 1 aromatic rings. The van der Waals surface area contributed by atoms with Gasteiger partial charge in [0.25, 0.3) is 0 Å². The van der Waals surface area contributed by atoms with Gasteiger partial charge in [-0.2, -0.15) is 0 Å². The van der Waals surface area contributed by atoms with Crippen molar-refractivity contribution in [2.45, 2.75) is 32.2 Å². The van der Waals surface area contributed by atoms with Crippen LogP contribution in [0, 0.1) is 0 Å². The number of hydrogen-bond donors (Lipinski definition) is 2. The summed E-state index contributed by atoms with van der Waals surface area (Å²) >= 11 is 0. The molecule has 1 atom stereocenters. The summed E-state index contributed by atoms with van der Waals surface area (Å²) in [5.74, 6) is 0.0806. The number of benzene rings is 1. The molecular weight excluding hydrogens is 238 g/mol. The smallest absolute Gasteiger partial charge is 0.239 e. The van der Waals surface area contributed by atoms with Crippen LogP contribution < -0.4 is 16.0 Å². The molecule has 0 spiro atoms. The predicted octanol–water partition coefficient (Wildman–Crippen LogP) is 1.29. The van der Waals surface area contributed by atoms with E-state index in [1.54, 1.807) is 0 Å². The van der Waals surface area contributed by atoms with E-state index in [1.165, 1.54) is 5.56 Å². The van der Waals surface area contributed by atoms with E-state index >= 15 is 0 Å². The summed E-state index contributed by atoms with van der Waals surface area (Å²) < 4.78 is 0. The Hall–Kier alpha value is -1.55. The van der Waals surface area contributed by atoms with Crippen molar-refractivity contribution < 1.29 is 4.79 Å². The lowest BCUT2D eigenvalue weighted by atomic mass is 9.95. The van der Waals surface area contributed by atoms with Crippen molar-refractivity contribution in [1.82, 2.24) is 5.32 Å². The summed E-state index contributed by atoms with van der Waals surface area (Å²) in [6.07, 6.45) is 3.03. The van der Waals surface area contributed by atoms with E-state index in [9.17, 15) is 4.79 Å². The second-order valence-electron chi connectivity index (χ2n) is 5.03. The molecule has 2 rings (SSSR count). The zero-order valence-electron chi connectivity index (χ0n) is 11.6. The van der Waals surface area contributed by atoms with Gasteiger partial charge in [0.15, 0.2) is 0 Å². The highest BCUT2D eigenvalue weighted by molar-refractivity contribution is 5.82. The molecule has 104 valence electrons. The first-order valence-electron chi connectivity index (χ1n) is 7.07. The maximum absolute atomic E-state index is 11.9. The number of para-hydroxylation sites is 1. The van der Waals surface area contributed by atoms with Crippen molar-refractivity contribution in [2.75, 3.05) is 24.5 Å². The fraction of sp³-hybridized carbons (Fsp3) is 0.533. The molecule has 0 aliphatic carbocycles. The number of nitrogens with one attached hydrogen (secondary N) is 1. The van der Waals surface area contributed by atoms with Crippen LogP contribution in [-0.4, -0.2) is 31.6 Å². The Kier molecular flexibility index (Phi) is 4.80. The van der Waals surface area contributed by atoms with Crippen LogP contribution in [-0.2, 0) is 11.2 Å². The minimum Gasteiger partial charge on any atom is -0.358 e. The number of rotatable bonds is 5. The molecule has 0 saturated carbocycles. The van der Waals surface area contributed by atoms with Gasteiger partial charge in [-0.05, 0) is 30.9 Å². The number of nitrogens with two attached hydrogens (primary N) is 1. The minimum absolute atomic E-state index is 0.0806. The van der Waals surface area contributed by atoms with Crippen LogP contribution in [0.2, 0.25) is 0 Å². The van der Waals surface area contributed by atoms with Crippen molar-refractivity contribution in [3.63, 3.8) is 0 Å². The first-order valence-corrected chi connectivity index (χ1v) is 7.07. The lowest BCUT2D eigenvalue weighted by Crippen LogP contribution is -2.48. The molecule has 1 amide bonds. The summed E-state index contributed by atoms with van der Waals surface area (Å²) in [7, 11) is 0. The molecular formula is C15H23N3O. The first kappa shape index (κ1) is 13.9. The second kappa shape index (κ2) is 6.57. The number of anilines is 1. The number of nitrogens with zero attached hydrogens (tertiary/aromatic N) is 1. The fourth-order valence-corrected chi connectivity index (χ4v) is 2.61. The molecule has 0 saturated heterocycles. The molecule has 3 N–H and O–H groups in total. The zero-order valence-corrected chi connectivity index (χ0v) is 11.6. The summed E-state index contributed by atoms with van der Waals surface area (Å²) in [6, 6.07) is 8.57. The molecule has 0 aromatic heterocycles. The Morgan fingerprint density at radius 1 is 1.47 bits per heavy atom. The molecule has 0 radical (unpaired) electrons. The predicted molar refractivity (Wildman–Crippen MR) is 78.3 cm³/mol. The maximum atomic E-state index is 11.9. The highest BCUT2D eigenvalue weighted by Crippen LogP contribution is 2.29. The molecule has 1 aromatic carbocycles. The van der Waals surface area contributed by atoms with Crippen molar-refractivity contribution in [1.29, 1.82) is 0 Å². The Bertz CT molecular complexity index is 433. The number of carbonyl (C=O) groups is 1. The topological polar surface area (TPSA) is 58.4 Å². The lowest BCUT2D eigenvalue weighted by Gasteiger charge is -2.38. The summed E-state index contributed by atoms with van der Waals surface area (Å²) in [5.41, 5.74) is 8.33. The van der Waals surface area contributed by atoms with E-state index in [4.69, 9.17) is 5.73 Å². The van der Waals surface area contributed by atoms with Crippen LogP contribution in [0.5, 0.6) is 0 Å². The zero-order chi connectivity index (χ0) is 13.7. The Morgan fingerprint density at radius 3 is 3.00 bits per heavy atom. The molecule has 1 unspecified atom stereocenters. The van der Waals surface area contributed by atoms with Crippen LogP contribution >= 0.6 is 0 Å². The van der Waals surface area contributed by atoms with E-state index in [-0.39, 0.29) is 11.9 Å². The van der Waals surface area contributed by atoms with Crippen molar-refractivity contribution in [3.8, 4) is 0 Å². The van der Waals surface area contributed by atoms with Gasteiger partial charge in [0, 0.05) is 24.8 Å². The third kappa shape index (κ3) is 3.26. The molecule has 1 aliphatic rings. The van der Waals surface area contributed by atoms with Crippen LogP contribution in [0.1, 0.15) is 25.3 Å². The second-order valence-corrected chi connectivity index (χ2v) is 5.03. The summed E-state index contributed by atoms with van der Waals surface area (Å²) in [5, 5.41) is 2.93. The number of hydrogen-bond acceptors (Lipinski definition) is 3. The van der Waals surface area contributed by atoms with Crippen LogP contribution in [0.25, 0.3) is 0 Å². The van der Waals surface area contributed by atoms with Crippen LogP contribution in [0.4, 0.5) is 5.69 Å². The van der Waals surface area contributed by atoms with Crippen molar-refractivity contribution in [3.05, 3.63) is 29.8 Å². The Morgan fingerprint density at radius 2 is 2.26 bits per heavy atom. The number of amides is 1. The van der Waals surface area contributed by atoms with Gasteiger partial charge in [-0.3, -0.25) is 4.79 Å². The van der Waals surface area contributed by atoms with Gasteiger partial charge in [0.05, 0.1) is 6.54 Å². The highest BCUT2D eigenvalue weighted by atomic mass is 16.2. The fourth-order valence-electron chi connectivity index (χ4n) is 2.61. The third-order valence-electron chi connectivity index (χ3n) is 3.65. The van der Waals surface area contributed by atoms with E-state index < -0.39 is 0 Å². The van der Waals surface area contributed by atoms with E-state index in [0.29, 0.717) is 13.1 Å². The van der Waals surface area contributed by atoms with E-state index in [0.717, 1.165) is 31.5 Å². The summed E-state index contributed by atoms with van der Waals surface area (Å²) in [4.78, 5) is 14.1. The van der Waals surface area contributed by atoms with Gasteiger partial charge in [-0.15, -0.1) is 0 Å². The monoisotopic (exact) mass is 261 g/mol. The molecule has 4 nitrogen and oxygen atoms in total. The number of aryl methyl sites for hydroxylation is 1. The molecule has 0 fully saturated rings. The van der Waals surface area contributed by atoms with Crippen LogP contribution in [0.3, 0.4) is 0 Å². The minimum atomic E-state index is 0.0806. The lowest BCUT2D eigenvalue weighted by molar-refractivity contribution is -0.119. The molecule has 1 aliphatic heterocycles. The normalized spacial score (nSPS) is 18.0.